The molecule has 1 saturated heterocycles. The van der Waals surface area contributed by atoms with Crippen LogP contribution in [-0.2, 0) is 16.1 Å². The Morgan fingerprint density at radius 1 is 0.960 bits per heavy atom. The second-order valence-corrected chi connectivity index (χ2v) is 6.46. The summed E-state index contributed by atoms with van der Waals surface area (Å²) in [6.07, 6.45) is 0. The molecule has 0 aliphatic carbocycles. The third-order valence-electron chi connectivity index (χ3n) is 4.79. The average Bonchev–Trinajstić information content (AvgIpc) is 3.12. The van der Waals surface area contributed by atoms with Crippen molar-refractivity contribution in [1.29, 1.82) is 0 Å². The molecule has 2 heterocycles. The minimum Gasteiger partial charge on any atom is -0.271 e. The number of carbonyl (C=O) groups excluding carboxylic acids is 2. The maximum atomic E-state index is 12.9. The fourth-order valence-electron chi connectivity index (χ4n) is 3.24. The number of anilines is 1. The van der Waals surface area contributed by atoms with Crippen LogP contribution in [0.3, 0.4) is 0 Å². The zero-order valence-corrected chi connectivity index (χ0v) is 14.1. The molecule has 2 atom stereocenters. The van der Waals surface area contributed by atoms with Gasteiger partial charge in [0.1, 0.15) is 0 Å². The van der Waals surface area contributed by atoms with Crippen molar-refractivity contribution in [2.75, 3.05) is 4.90 Å². The molecule has 126 valence electrons. The van der Waals surface area contributed by atoms with E-state index in [4.69, 9.17) is 0 Å². The van der Waals surface area contributed by atoms with Gasteiger partial charge in [-0.15, -0.1) is 0 Å². The molecule has 25 heavy (non-hydrogen) atoms. The highest BCUT2D eigenvalue weighted by atomic mass is 16.2. The van der Waals surface area contributed by atoms with E-state index in [-0.39, 0.29) is 11.8 Å². The van der Waals surface area contributed by atoms with E-state index >= 15 is 0 Å². The third kappa shape index (κ3) is 2.50. The zero-order valence-electron chi connectivity index (χ0n) is 14.1. The van der Waals surface area contributed by atoms with Gasteiger partial charge in [0.15, 0.2) is 12.1 Å². The molecule has 2 aliphatic rings. The first kappa shape index (κ1) is 15.5. The van der Waals surface area contributed by atoms with Gasteiger partial charge in [-0.25, -0.2) is 4.90 Å². The number of nitrogens with zero attached hydrogens (tertiary/aromatic N) is 4. The van der Waals surface area contributed by atoms with E-state index in [0.29, 0.717) is 12.2 Å². The zero-order chi connectivity index (χ0) is 17.6. The second kappa shape index (κ2) is 5.81. The van der Waals surface area contributed by atoms with Gasteiger partial charge in [-0.2, -0.15) is 5.11 Å². The molecule has 2 amide bonds. The Kier molecular flexibility index (Phi) is 3.60. The Hall–Kier alpha value is -3.02. The van der Waals surface area contributed by atoms with Crippen molar-refractivity contribution in [2.24, 2.45) is 10.3 Å². The highest BCUT2D eigenvalue weighted by Crippen LogP contribution is 2.33. The lowest BCUT2D eigenvalue weighted by Crippen LogP contribution is -2.39. The monoisotopic (exact) mass is 334 g/mol. The molecule has 0 radical (unpaired) electrons. The highest BCUT2D eigenvalue weighted by Gasteiger charge is 2.54. The number of hydrogen-bond acceptors (Lipinski definition) is 5. The van der Waals surface area contributed by atoms with Gasteiger partial charge in [-0.3, -0.25) is 14.6 Å². The van der Waals surface area contributed by atoms with Crippen molar-refractivity contribution < 1.29 is 9.59 Å². The molecule has 0 aromatic heterocycles. The number of imide groups is 1. The van der Waals surface area contributed by atoms with Crippen LogP contribution in [0.25, 0.3) is 0 Å². The minimum atomic E-state index is -0.752. The van der Waals surface area contributed by atoms with Crippen LogP contribution in [-0.4, -0.2) is 28.9 Å². The van der Waals surface area contributed by atoms with Crippen molar-refractivity contribution in [3.8, 4) is 0 Å². The molecule has 0 N–H and O–H groups in total. The smallest absolute Gasteiger partial charge is 0.263 e. The number of benzene rings is 2. The first-order valence-electron chi connectivity index (χ1n) is 8.22. The van der Waals surface area contributed by atoms with E-state index in [2.05, 4.69) is 10.3 Å². The summed E-state index contributed by atoms with van der Waals surface area (Å²) in [5, 5.41) is 9.74. The summed E-state index contributed by atoms with van der Waals surface area (Å²) in [5.41, 5.74) is 3.78. The van der Waals surface area contributed by atoms with Crippen molar-refractivity contribution >= 4 is 17.5 Å². The maximum Gasteiger partial charge on any atom is 0.263 e. The molecular formula is C19H18N4O2. The maximum absolute atomic E-state index is 12.9. The Bertz CT molecular complexity index is 878. The SMILES string of the molecule is Cc1ccc(N2C(=O)[C@H]3N=NN(Cc4ccccc4)[C@@H]3C2=O)cc1C. The minimum absolute atomic E-state index is 0.265. The number of rotatable bonds is 3. The van der Waals surface area contributed by atoms with Crippen molar-refractivity contribution in [2.45, 2.75) is 32.5 Å². The van der Waals surface area contributed by atoms with Crippen LogP contribution in [0.2, 0.25) is 0 Å². The van der Waals surface area contributed by atoms with E-state index in [1.54, 1.807) is 11.1 Å². The van der Waals surface area contributed by atoms with Crippen LogP contribution in [0.4, 0.5) is 5.69 Å². The van der Waals surface area contributed by atoms with Crippen LogP contribution in [0, 0.1) is 13.8 Å². The van der Waals surface area contributed by atoms with Gasteiger partial charge < -0.3 is 0 Å². The van der Waals surface area contributed by atoms with Gasteiger partial charge in [-0.1, -0.05) is 41.6 Å². The lowest BCUT2D eigenvalue weighted by Gasteiger charge is -2.21. The number of carbonyl (C=O) groups is 2. The van der Waals surface area contributed by atoms with Gasteiger partial charge in [0.2, 0.25) is 0 Å². The summed E-state index contributed by atoms with van der Waals surface area (Å²) >= 11 is 0. The molecule has 2 aromatic carbocycles. The highest BCUT2D eigenvalue weighted by molar-refractivity contribution is 6.25. The average molecular weight is 334 g/mol. The van der Waals surface area contributed by atoms with Gasteiger partial charge in [-0.05, 0) is 42.7 Å². The quantitative estimate of drug-likeness (QED) is 0.811. The molecule has 0 spiro atoms. The van der Waals surface area contributed by atoms with Gasteiger partial charge in [0.05, 0.1) is 12.2 Å². The fraction of sp³-hybridized carbons (Fsp3) is 0.263. The topological polar surface area (TPSA) is 65.3 Å². The Balaban J connectivity index is 1.62. The second-order valence-electron chi connectivity index (χ2n) is 6.46. The lowest BCUT2D eigenvalue weighted by atomic mass is 10.1. The van der Waals surface area contributed by atoms with E-state index < -0.39 is 12.1 Å². The van der Waals surface area contributed by atoms with Crippen molar-refractivity contribution in [3.63, 3.8) is 0 Å². The summed E-state index contributed by atoms with van der Waals surface area (Å²) in [4.78, 5) is 26.9. The summed E-state index contributed by atoms with van der Waals surface area (Å²) in [7, 11) is 0. The standard InChI is InChI=1S/C19H18N4O2/c1-12-8-9-15(10-13(12)2)23-18(24)16-17(19(23)25)22(21-20-16)11-14-6-4-3-5-7-14/h3-10,16-17H,11H2,1-2H3/t16-,17-/m0/s1. The predicted octanol–water partition coefficient (Wildman–Crippen LogP) is 2.80. The van der Waals surface area contributed by atoms with Crippen LogP contribution in [0.15, 0.2) is 58.9 Å². The number of aryl methyl sites for hydroxylation is 2. The first-order chi connectivity index (χ1) is 12.1. The Morgan fingerprint density at radius 3 is 2.44 bits per heavy atom. The molecular weight excluding hydrogens is 316 g/mol. The van der Waals surface area contributed by atoms with Crippen molar-refractivity contribution in [1.82, 2.24) is 5.01 Å². The van der Waals surface area contributed by atoms with Crippen LogP contribution >= 0.6 is 0 Å². The molecule has 6 heteroatoms. The van der Waals surface area contributed by atoms with E-state index in [1.807, 2.05) is 56.3 Å². The molecule has 6 nitrogen and oxygen atoms in total. The first-order valence-corrected chi connectivity index (χ1v) is 8.22. The van der Waals surface area contributed by atoms with E-state index in [1.165, 1.54) is 4.90 Å². The Labute approximate surface area is 145 Å². The number of fused-ring (bicyclic) bond motifs is 1. The van der Waals surface area contributed by atoms with Gasteiger partial charge in [0.25, 0.3) is 11.8 Å². The third-order valence-corrected chi connectivity index (χ3v) is 4.79. The van der Waals surface area contributed by atoms with Crippen LogP contribution in [0.1, 0.15) is 16.7 Å². The van der Waals surface area contributed by atoms with Crippen LogP contribution < -0.4 is 4.90 Å². The molecule has 0 saturated carbocycles. The summed E-state index contributed by atoms with van der Waals surface area (Å²) in [5.74, 6) is -0.572. The molecule has 2 aliphatic heterocycles. The normalized spacial score (nSPS) is 22.0. The molecule has 4 rings (SSSR count). The fourth-order valence-corrected chi connectivity index (χ4v) is 3.24. The summed E-state index contributed by atoms with van der Waals surface area (Å²) in [6, 6.07) is 13.9. The summed E-state index contributed by atoms with van der Waals surface area (Å²) in [6.45, 7) is 4.41. The van der Waals surface area contributed by atoms with E-state index in [0.717, 1.165) is 16.7 Å². The Morgan fingerprint density at radius 2 is 1.72 bits per heavy atom. The number of amides is 2. The lowest BCUT2D eigenvalue weighted by molar-refractivity contribution is -0.123. The van der Waals surface area contributed by atoms with Crippen LogP contribution in [0.5, 0.6) is 0 Å². The number of hydrogen-bond donors (Lipinski definition) is 0. The van der Waals surface area contributed by atoms with Gasteiger partial charge >= 0.3 is 0 Å². The molecule has 1 fully saturated rings. The largest absolute Gasteiger partial charge is 0.271 e. The van der Waals surface area contributed by atoms with Crippen molar-refractivity contribution in [3.05, 3.63) is 65.2 Å². The molecule has 2 aromatic rings. The van der Waals surface area contributed by atoms with Gasteiger partial charge in [0, 0.05) is 0 Å². The molecule has 0 unspecified atom stereocenters. The van der Waals surface area contributed by atoms with E-state index in [9.17, 15) is 9.59 Å². The molecule has 0 bridgehead atoms. The predicted molar refractivity (Wildman–Crippen MR) is 92.8 cm³/mol. The summed E-state index contributed by atoms with van der Waals surface area (Å²) < 4.78 is 0.